The lowest BCUT2D eigenvalue weighted by Gasteiger charge is -1.96. The molecule has 3 nitrogen and oxygen atoms in total. The topological polar surface area (TPSA) is 41.8 Å². The summed E-state index contributed by atoms with van der Waals surface area (Å²) in [7, 11) is 0. The maximum atomic E-state index is 5.41. The number of thiazole rings is 1. The van der Waals surface area contributed by atoms with Crippen LogP contribution in [-0.2, 0) is 0 Å². The summed E-state index contributed by atoms with van der Waals surface area (Å²) >= 11 is 1.60. The summed E-state index contributed by atoms with van der Waals surface area (Å²) in [5.74, 6) is 0.818. The molecule has 0 bridgehead atoms. The van der Waals surface area contributed by atoms with E-state index in [-0.39, 0.29) is 0 Å². The highest BCUT2D eigenvalue weighted by Crippen LogP contribution is 2.35. The van der Waals surface area contributed by atoms with Crippen molar-refractivity contribution < 1.29 is 4.42 Å². The molecule has 3 aromatic heterocycles. The van der Waals surface area contributed by atoms with E-state index >= 15 is 0 Å². The van der Waals surface area contributed by atoms with Crippen LogP contribution in [0.4, 0.5) is 0 Å². The minimum atomic E-state index is 0.818. The number of benzene rings is 1. The summed E-state index contributed by atoms with van der Waals surface area (Å²) in [6.07, 6.45) is 1.67. The first-order chi connectivity index (χ1) is 9.83. The molecule has 0 aliphatic heterocycles. The van der Waals surface area contributed by atoms with Gasteiger partial charge < -0.3 is 9.40 Å². The van der Waals surface area contributed by atoms with Gasteiger partial charge in [-0.3, -0.25) is 0 Å². The molecule has 0 radical (unpaired) electrons. The number of aryl methyl sites for hydroxylation is 1. The molecule has 98 valence electrons. The Balaban J connectivity index is 1.90. The maximum absolute atomic E-state index is 5.41. The number of rotatable bonds is 2. The van der Waals surface area contributed by atoms with E-state index in [9.17, 15) is 0 Å². The van der Waals surface area contributed by atoms with Gasteiger partial charge in [-0.05, 0) is 25.1 Å². The molecule has 3 heterocycles. The normalized spacial score (nSPS) is 11.2. The lowest BCUT2D eigenvalue weighted by atomic mass is 10.1. The second kappa shape index (κ2) is 4.35. The van der Waals surface area contributed by atoms with Crippen molar-refractivity contribution in [3.63, 3.8) is 0 Å². The van der Waals surface area contributed by atoms with E-state index in [0.29, 0.717) is 0 Å². The fraction of sp³-hybridized carbons (Fsp3) is 0.0625. The third-order valence-electron chi connectivity index (χ3n) is 3.39. The number of nitrogens with one attached hydrogen (secondary N) is 1. The third-order valence-corrected chi connectivity index (χ3v) is 4.24. The molecule has 1 aromatic carbocycles. The first-order valence-corrected chi connectivity index (χ1v) is 7.28. The summed E-state index contributed by atoms with van der Waals surface area (Å²) in [6, 6.07) is 12.1. The van der Waals surface area contributed by atoms with Gasteiger partial charge in [0.25, 0.3) is 0 Å². The van der Waals surface area contributed by atoms with Crippen molar-refractivity contribution in [2.24, 2.45) is 0 Å². The van der Waals surface area contributed by atoms with Gasteiger partial charge in [-0.15, -0.1) is 11.3 Å². The SMILES string of the molecule is Cc1[nH]c2ccccc2c1-c1csc(-c2ccco2)n1. The first kappa shape index (κ1) is 11.5. The smallest absolute Gasteiger partial charge is 0.162 e. The number of hydrogen-bond acceptors (Lipinski definition) is 3. The minimum absolute atomic E-state index is 0.818. The monoisotopic (exact) mass is 280 g/mol. The Morgan fingerprint density at radius 2 is 2.05 bits per heavy atom. The van der Waals surface area contributed by atoms with Crippen LogP contribution in [-0.4, -0.2) is 9.97 Å². The Morgan fingerprint density at radius 1 is 1.15 bits per heavy atom. The van der Waals surface area contributed by atoms with Crippen molar-refractivity contribution in [3.8, 4) is 22.0 Å². The molecule has 20 heavy (non-hydrogen) atoms. The molecule has 0 unspecified atom stereocenters. The van der Waals surface area contributed by atoms with Crippen molar-refractivity contribution in [2.75, 3.05) is 0 Å². The van der Waals surface area contributed by atoms with Crippen molar-refractivity contribution in [2.45, 2.75) is 6.92 Å². The quantitative estimate of drug-likeness (QED) is 0.569. The average Bonchev–Trinajstić information content (AvgIpc) is 3.16. The van der Waals surface area contributed by atoms with Crippen molar-refractivity contribution in [1.29, 1.82) is 0 Å². The van der Waals surface area contributed by atoms with Crippen LogP contribution in [0.5, 0.6) is 0 Å². The highest BCUT2D eigenvalue weighted by atomic mass is 32.1. The van der Waals surface area contributed by atoms with Crippen molar-refractivity contribution >= 4 is 22.2 Å². The first-order valence-electron chi connectivity index (χ1n) is 6.40. The third kappa shape index (κ3) is 1.69. The number of aromatic amines is 1. The Hall–Kier alpha value is -2.33. The van der Waals surface area contributed by atoms with Gasteiger partial charge in [0.2, 0.25) is 0 Å². The van der Waals surface area contributed by atoms with E-state index in [4.69, 9.17) is 9.40 Å². The lowest BCUT2D eigenvalue weighted by Crippen LogP contribution is -1.80. The summed E-state index contributed by atoms with van der Waals surface area (Å²) in [5.41, 5.74) is 4.46. The van der Waals surface area contributed by atoms with Gasteiger partial charge in [-0.25, -0.2) is 4.98 Å². The lowest BCUT2D eigenvalue weighted by molar-refractivity contribution is 0.582. The molecule has 0 aliphatic rings. The molecule has 0 amide bonds. The number of hydrogen-bond donors (Lipinski definition) is 1. The van der Waals surface area contributed by atoms with Gasteiger partial charge in [-0.2, -0.15) is 0 Å². The van der Waals surface area contributed by atoms with E-state index in [1.807, 2.05) is 18.2 Å². The van der Waals surface area contributed by atoms with Crippen LogP contribution in [0, 0.1) is 6.92 Å². The fourth-order valence-corrected chi connectivity index (χ4v) is 3.29. The molecule has 4 rings (SSSR count). The Kier molecular flexibility index (Phi) is 2.50. The number of aromatic nitrogens is 2. The standard InChI is InChI=1S/C16H12N2OS/c1-10-15(11-5-2-3-6-12(11)17-10)13-9-20-16(18-13)14-7-4-8-19-14/h2-9,17H,1H3. The predicted molar refractivity (Wildman–Crippen MR) is 81.8 cm³/mol. The van der Waals surface area contributed by atoms with E-state index < -0.39 is 0 Å². The van der Waals surface area contributed by atoms with Crippen LogP contribution >= 0.6 is 11.3 Å². The van der Waals surface area contributed by atoms with Gasteiger partial charge >= 0.3 is 0 Å². The zero-order valence-corrected chi connectivity index (χ0v) is 11.7. The molecule has 0 atom stereocenters. The van der Waals surface area contributed by atoms with Crippen LogP contribution in [0.3, 0.4) is 0 Å². The van der Waals surface area contributed by atoms with Gasteiger partial charge in [0.15, 0.2) is 10.8 Å². The number of nitrogens with zero attached hydrogens (tertiary/aromatic N) is 1. The van der Waals surface area contributed by atoms with E-state index in [0.717, 1.165) is 27.7 Å². The van der Waals surface area contributed by atoms with Crippen LogP contribution in [0.25, 0.3) is 32.9 Å². The summed E-state index contributed by atoms with van der Waals surface area (Å²) < 4.78 is 5.41. The second-order valence-electron chi connectivity index (χ2n) is 4.69. The van der Waals surface area contributed by atoms with Crippen LogP contribution in [0.15, 0.2) is 52.5 Å². The molecule has 0 fully saturated rings. The molecule has 1 N–H and O–H groups in total. The van der Waals surface area contributed by atoms with Crippen LogP contribution in [0.1, 0.15) is 5.69 Å². The number of H-pyrrole nitrogens is 1. The number of furan rings is 1. The number of fused-ring (bicyclic) bond motifs is 1. The van der Waals surface area contributed by atoms with Crippen LogP contribution < -0.4 is 0 Å². The largest absolute Gasteiger partial charge is 0.462 e. The zero-order chi connectivity index (χ0) is 13.5. The highest BCUT2D eigenvalue weighted by molar-refractivity contribution is 7.13. The summed E-state index contributed by atoms with van der Waals surface area (Å²) in [5, 5.41) is 4.21. The van der Waals surface area contributed by atoms with Crippen molar-refractivity contribution in [1.82, 2.24) is 9.97 Å². The minimum Gasteiger partial charge on any atom is -0.462 e. The second-order valence-corrected chi connectivity index (χ2v) is 5.54. The van der Waals surface area contributed by atoms with E-state index in [1.54, 1.807) is 17.6 Å². The summed E-state index contributed by atoms with van der Waals surface area (Å²) in [4.78, 5) is 8.12. The zero-order valence-electron chi connectivity index (χ0n) is 10.9. The Morgan fingerprint density at radius 3 is 2.90 bits per heavy atom. The average molecular weight is 280 g/mol. The summed E-state index contributed by atoms with van der Waals surface area (Å²) in [6.45, 7) is 2.08. The number of para-hydroxylation sites is 1. The molecule has 0 spiro atoms. The highest BCUT2D eigenvalue weighted by Gasteiger charge is 2.14. The van der Waals surface area contributed by atoms with E-state index in [1.165, 1.54) is 10.9 Å². The Labute approximate surface area is 119 Å². The molecule has 0 aliphatic carbocycles. The molecule has 4 aromatic rings. The van der Waals surface area contributed by atoms with Gasteiger partial charge in [-0.1, -0.05) is 18.2 Å². The fourth-order valence-electron chi connectivity index (χ4n) is 2.51. The molecular formula is C16H12N2OS. The Bertz CT molecular complexity index is 871. The van der Waals surface area contributed by atoms with Gasteiger partial charge in [0.05, 0.1) is 12.0 Å². The maximum Gasteiger partial charge on any atom is 0.162 e. The molecule has 0 saturated carbocycles. The van der Waals surface area contributed by atoms with Gasteiger partial charge in [0, 0.05) is 27.5 Å². The molecule has 0 saturated heterocycles. The molecule has 4 heteroatoms. The van der Waals surface area contributed by atoms with Crippen molar-refractivity contribution in [3.05, 3.63) is 53.7 Å². The van der Waals surface area contributed by atoms with E-state index in [2.05, 4.69) is 35.5 Å². The predicted octanol–water partition coefficient (Wildman–Crippen LogP) is 4.86. The van der Waals surface area contributed by atoms with Crippen LogP contribution in [0.2, 0.25) is 0 Å². The van der Waals surface area contributed by atoms with Gasteiger partial charge in [0.1, 0.15) is 0 Å². The molecular weight excluding hydrogens is 268 g/mol.